The van der Waals surface area contributed by atoms with E-state index in [1.54, 1.807) is 6.20 Å². The average Bonchev–Trinajstić information content (AvgIpc) is 3.27. The lowest BCUT2D eigenvalue weighted by Gasteiger charge is -2.17. The van der Waals surface area contributed by atoms with Crippen molar-refractivity contribution in [3.63, 3.8) is 0 Å². The van der Waals surface area contributed by atoms with Gasteiger partial charge in [-0.15, -0.1) is 0 Å². The summed E-state index contributed by atoms with van der Waals surface area (Å²) < 4.78 is 1.83. The molecule has 24 heavy (non-hydrogen) atoms. The Morgan fingerprint density at radius 2 is 2.08 bits per heavy atom. The molecule has 2 atom stereocenters. The molecule has 6 heteroatoms. The number of nitrogens with one attached hydrogen (secondary N) is 1. The fourth-order valence-electron chi connectivity index (χ4n) is 3.91. The summed E-state index contributed by atoms with van der Waals surface area (Å²) in [6, 6.07) is 7.56. The van der Waals surface area contributed by atoms with Gasteiger partial charge >= 0.3 is 0 Å². The van der Waals surface area contributed by atoms with Gasteiger partial charge < -0.3 is 10.2 Å². The van der Waals surface area contributed by atoms with Crippen molar-refractivity contribution in [2.24, 2.45) is 11.8 Å². The van der Waals surface area contributed by atoms with Gasteiger partial charge in [0.15, 0.2) is 0 Å². The molecule has 0 aliphatic carbocycles. The Labute approximate surface area is 146 Å². The Bertz CT molecular complexity index is 760. The van der Waals surface area contributed by atoms with Gasteiger partial charge in [0.2, 0.25) is 0 Å². The van der Waals surface area contributed by atoms with Crippen LogP contribution in [0.15, 0.2) is 30.5 Å². The van der Waals surface area contributed by atoms with E-state index < -0.39 is 0 Å². The zero-order valence-electron chi connectivity index (χ0n) is 13.7. The van der Waals surface area contributed by atoms with Crippen molar-refractivity contribution < 1.29 is 4.79 Å². The molecule has 1 N–H and O–H groups in total. The topological polar surface area (TPSA) is 50.2 Å². The molecule has 3 heterocycles. The highest BCUT2D eigenvalue weighted by Crippen LogP contribution is 2.28. The minimum atomic E-state index is 0.106. The standard InChI is InChI=1S/C18H21ClN4O/c1-2-17-16(9-21-23(17)15-5-3-4-14(19)6-15)18(24)22-10-12-7-20-8-13(12)11-22/h3-6,9,12-13,20H,2,7-8,10-11H2,1H3/t12-,13+. The first-order valence-electron chi connectivity index (χ1n) is 8.50. The molecule has 2 aliphatic heterocycles. The monoisotopic (exact) mass is 344 g/mol. The zero-order valence-corrected chi connectivity index (χ0v) is 14.5. The lowest BCUT2D eigenvalue weighted by atomic mass is 10.0. The molecule has 2 aliphatic rings. The molecule has 1 aromatic carbocycles. The second-order valence-corrected chi connectivity index (χ2v) is 7.08. The van der Waals surface area contributed by atoms with Gasteiger partial charge in [-0.1, -0.05) is 24.6 Å². The maximum atomic E-state index is 13.0. The van der Waals surface area contributed by atoms with Crippen LogP contribution in [0.2, 0.25) is 5.02 Å². The number of likely N-dealkylation sites (tertiary alicyclic amines) is 1. The fraction of sp³-hybridized carbons (Fsp3) is 0.444. The minimum absolute atomic E-state index is 0.106. The molecule has 126 valence electrons. The second-order valence-electron chi connectivity index (χ2n) is 6.64. The first-order chi connectivity index (χ1) is 11.7. The van der Waals surface area contributed by atoms with Crippen molar-refractivity contribution in [2.75, 3.05) is 26.2 Å². The molecule has 0 saturated carbocycles. The van der Waals surface area contributed by atoms with E-state index in [1.165, 1.54) is 0 Å². The lowest BCUT2D eigenvalue weighted by molar-refractivity contribution is 0.0780. The van der Waals surface area contributed by atoms with Crippen LogP contribution >= 0.6 is 11.6 Å². The van der Waals surface area contributed by atoms with E-state index in [-0.39, 0.29) is 5.91 Å². The van der Waals surface area contributed by atoms with Crippen LogP contribution in [0.3, 0.4) is 0 Å². The first kappa shape index (κ1) is 15.7. The number of carbonyl (C=O) groups is 1. The summed E-state index contributed by atoms with van der Waals surface area (Å²) in [6.07, 6.45) is 2.45. The molecule has 2 saturated heterocycles. The highest BCUT2D eigenvalue weighted by molar-refractivity contribution is 6.30. The molecular weight excluding hydrogens is 324 g/mol. The van der Waals surface area contributed by atoms with Gasteiger partial charge in [-0.2, -0.15) is 5.10 Å². The van der Waals surface area contributed by atoms with Crippen molar-refractivity contribution in [3.8, 4) is 5.69 Å². The Hall–Kier alpha value is -1.85. The van der Waals surface area contributed by atoms with Gasteiger partial charge in [-0.25, -0.2) is 4.68 Å². The maximum absolute atomic E-state index is 13.0. The molecule has 2 aromatic rings. The predicted molar refractivity (Wildman–Crippen MR) is 93.7 cm³/mol. The van der Waals surface area contributed by atoms with E-state index in [4.69, 9.17) is 11.6 Å². The van der Waals surface area contributed by atoms with E-state index in [1.807, 2.05) is 33.8 Å². The van der Waals surface area contributed by atoms with Crippen LogP contribution < -0.4 is 5.32 Å². The summed E-state index contributed by atoms with van der Waals surface area (Å²) >= 11 is 6.10. The number of carbonyl (C=O) groups excluding carboxylic acids is 1. The number of rotatable bonds is 3. The number of amides is 1. The SMILES string of the molecule is CCc1c(C(=O)N2C[C@H]3CNC[C@H]3C2)cnn1-c1cccc(Cl)c1. The van der Waals surface area contributed by atoms with Crippen LogP contribution in [0.5, 0.6) is 0 Å². The van der Waals surface area contributed by atoms with Crippen LogP contribution in [0.1, 0.15) is 23.0 Å². The van der Waals surface area contributed by atoms with Gasteiger partial charge in [0.1, 0.15) is 0 Å². The third kappa shape index (κ3) is 2.62. The van der Waals surface area contributed by atoms with Crippen LogP contribution in [-0.4, -0.2) is 46.8 Å². The molecule has 0 spiro atoms. The summed E-state index contributed by atoms with van der Waals surface area (Å²) in [4.78, 5) is 15.0. The number of aromatic nitrogens is 2. The molecular formula is C18H21ClN4O. The van der Waals surface area contributed by atoms with E-state index in [2.05, 4.69) is 17.3 Å². The van der Waals surface area contributed by atoms with Gasteiger partial charge in [-0.3, -0.25) is 4.79 Å². The molecule has 0 unspecified atom stereocenters. The van der Waals surface area contributed by atoms with Crippen molar-refractivity contribution >= 4 is 17.5 Å². The smallest absolute Gasteiger partial charge is 0.257 e. The van der Waals surface area contributed by atoms with Crippen molar-refractivity contribution in [1.29, 1.82) is 0 Å². The Morgan fingerprint density at radius 3 is 2.75 bits per heavy atom. The Kier molecular flexibility index (Phi) is 4.06. The second kappa shape index (κ2) is 6.22. The van der Waals surface area contributed by atoms with Crippen molar-refractivity contribution in [2.45, 2.75) is 13.3 Å². The van der Waals surface area contributed by atoms with Crippen LogP contribution in [0.25, 0.3) is 5.69 Å². The van der Waals surface area contributed by atoms with E-state index >= 15 is 0 Å². The highest BCUT2D eigenvalue weighted by Gasteiger charge is 2.39. The summed E-state index contributed by atoms with van der Waals surface area (Å²) in [5.74, 6) is 1.30. The van der Waals surface area contributed by atoms with E-state index in [9.17, 15) is 4.79 Å². The lowest BCUT2D eigenvalue weighted by Crippen LogP contribution is -2.32. The first-order valence-corrected chi connectivity index (χ1v) is 8.88. The number of fused-ring (bicyclic) bond motifs is 1. The normalized spacial score (nSPS) is 22.8. The van der Waals surface area contributed by atoms with Crippen molar-refractivity contribution in [3.05, 3.63) is 46.7 Å². The third-order valence-electron chi connectivity index (χ3n) is 5.16. The van der Waals surface area contributed by atoms with Crippen LogP contribution in [0, 0.1) is 11.8 Å². The Balaban J connectivity index is 1.63. The zero-order chi connectivity index (χ0) is 16.7. The summed E-state index contributed by atoms with van der Waals surface area (Å²) in [5.41, 5.74) is 2.55. The highest BCUT2D eigenvalue weighted by atomic mass is 35.5. The minimum Gasteiger partial charge on any atom is -0.338 e. The quantitative estimate of drug-likeness (QED) is 0.930. The number of halogens is 1. The number of hydrogen-bond acceptors (Lipinski definition) is 3. The number of benzene rings is 1. The molecule has 1 amide bonds. The molecule has 0 radical (unpaired) electrons. The van der Waals surface area contributed by atoms with E-state index in [0.29, 0.717) is 22.4 Å². The van der Waals surface area contributed by atoms with Gasteiger partial charge in [0.25, 0.3) is 5.91 Å². The van der Waals surface area contributed by atoms with Crippen LogP contribution in [0.4, 0.5) is 0 Å². The largest absolute Gasteiger partial charge is 0.338 e. The predicted octanol–water partition coefficient (Wildman–Crippen LogP) is 2.38. The fourth-order valence-corrected chi connectivity index (χ4v) is 4.10. The van der Waals surface area contributed by atoms with Crippen molar-refractivity contribution in [1.82, 2.24) is 20.0 Å². The summed E-state index contributed by atoms with van der Waals surface area (Å²) in [6.45, 7) is 5.80. The van der Waals surface area contributed by atoms with Gasteiger partial charge in [0.05, 0.1) is 23.1 Å². The third-order valence-corrected chi connectivity index (χ3v) is 5.40. The Morgan fingerprint density at radius 1 is 1.33 bits per heavy atom. The summed E-state index contributed by atoms with van der Waals surface area (Å²) in [7, 11) is 0. The van der Waals surface area contributed by atoms with Gasteiger partial charge in [0, 0.05) is 31.2 Å². The summed E-state index contributed by atoms with van der Waals surface area (Å²) in [5, 5.41) is 8.54. The number of nitrogens with zero attached hydrogens (tertiary/aromatic N) is 3. The molecule has 1 aromatic heterocycles. The number of hydrogen-bond donors (Lipinski definition) is 1. The molecule has 4 rings (SSSR count). The van der Waals surface area contributed by atoms with E-state index in [0.717, 1.165) is 44.0 Å². The molecule has 5 nitrogen and oxygen atoms in total. The maximum Gasteiger partial charge on any atom is 0.257 e. The average molecular weight is 345 g/mol. The van der Waals surface area contributed by atoms with Gasteiger partial charge in [-0.05, 0) is 36.5 Å². The molecule has 2 fully saturated rings. The molecule has 0 bridgehead atoms. The van der Waals surface area contributed by atoms with Crippen LogP contribution in [-0.2, 0) is 6.42 Å².